The predicted molar refractivity (Wildman–Crippen MR) is 72.4 cm³/mol. The van der Waals surface area contributed by atoms with Crippen LogP contribution in [-0.2, 0) is 5.54 Å². The summed E-state index contributed by atoms with van der Waals surface area (Å²) in [4.78, 5) is 2.37. The van der Waals surface area contributed by atoms with Crippen LogP contribution in [0.2, 0.25) is 0 Å². The Bertz CT molecular complexity index is 400. The van der Waals surface area contributed by atoms with E-state index in [1.807, 2.05) is 6.07 Å². The van der Waals surface area contributed by atoms with Crippen molar-refractivity contribution in [3.05, 3.63) is 23.8 Å². The average molecular weight is 250 g/mol. The standard InChI is InChI=1S/C14H22N2O2/c1-14(10-15-5-6-16(14)2)11-7-12(17-3)9-13(8-11)18-4/h7-9,15H,5-6,10H2,1-4H3. The molecule has 2 rings (SSSR count). The van der Waals surface area contributed by atoms with Crippen LogP contribution in [0.1, 0.15) is 12.5 Å². The molecule has 100 valence electrons. The lowest BCUT2D eigenvalue weighted by molar-refractivity contribution is 0.103. The molecule has 0 bridgehead atoms. The van der Waals surface area contributed by atoms with E-state index in [1.54, 1.807) is 14.2 Å². The first-order chi connectivity index (χ1) is 8.60. The third-order valence-electron chi connectivity index (χ3n) is 3.91. The maximum absolute atomic E-state index is 5.35. The molecule has 1 N–H and O–H groups in total. The SMILES string of the molecule is COc1cc(OC)cc(C2(C)CNCCN2C)c1. The molecule has 4 nitrogen and oxygen atoms in total. The lowest BCUT2D eigenvalue weighted by atomic mass is 9.88. The molecule has 1 aliphatic heterocycles. The van der Waals surface area contributed by atoms with Gasteiger partial charge in [-0.25, -0.2) is 0 Å². The minimum atomic E-state index is -0.0277. The number of rotatable bonds is 3. The van der Waals surface area contributed by atoms with Gasteiger partial charge in [-0.05, 0) is 31.7 Å². The van der Waals surface area contributed by atoms with Gasteiger partial charge in [0.05, 0.1) is 19.8 Å². The Balaban J connectivity index is 2.41. The van der Waals surface area contributed by atoms with Crippen LogP contribution in [-0.4, -0.2) is 45.8 Å². The fourth-order valence-corrected chi connectivity index (χ4v) is 2.40. The minimum Gasteiger partial charge on any atom is -0.497 e. The fourth-order valence-electron chi connectivity index (χ4n) is 2.40. The molecule has 4 heteroatoms. The van der Waals surface area contributed by atoms with E-state index in [0.29, 0.717) is 0 Å². The van der Waals surface area contributed by atoms with Crippen molar-refractivity contribution in [3.63, 3.8) is 0 Å². The Hall–Kier alpha value is -1.26. The molecular weight excluding hydrogens is 228 g/mol. The van der Waals surface area contributed by atoms with Gasteiger partial charge in [-0.15, -0.1) is 0 Å². The third kappa shape index (κ3) is 2.31. The van der Waals surface area contributed by atoms with Gasteiger partial charge >= 0.3 is 0 Å². The highest BCUT2D eigenvalue weighted by Crippen LogP contribution is 2.33. The van der Waals surface area contributed by atoms with Gasteiger partial charge in [-0.1, -0.05) is 0 Å². The number of benzene rings is 1. The van der Waals surface area contributed by atoms with Crippen molar-refractivity contribution >= 4 is 0 Å². The van der Waals surface area contributed by atoms with Crippen molar-refractivity contribution in [2.45, 2.75) is 12.5 Å². The summed E-state index contributed by atoms with van der Waals surface area (Å²) in [6, 6.07) is 6.08. The van der Waals surface area contributed by atoms with Crippen LogP contribution in [0.4, 0.5) is 0 Å². The van der Waals surface area contributed by atoms with E-state index in [4.69, 9.17) is 9.47 Å². The van der Waals surface area contributed by atoms with E-state index in [-0.39, 0.29) is 5.54 Å². The van der Waals surface area contributed by atoms with Gasteiger partial charge in [-0.2, -0.15) is 0 Å². The zero-order valence-electron chi connectivity index (χ0n) is 11.6. The average Bonchev–Trinajstić information content (AvgIpc) is 2.41. The molecule has 1 aliphatic rings. The van der Waals surface area contributed by atoms with Crippen molar-refractivity contribution in [2.75, 3.05) is 40.9 Å². The van der Waals surface area contributed by atoms with Crippen LogP contribution in [0.15, 0.2) is 18.2 Å². The molecule has 0 spiro atoms. The topological polar surface area (TPSA) is 33.7 Å². The Morgan fingerprint density at radius 1 is 1.17 bits per heavy atom. The first-order valence-electron chi connectivity index (χ1n) is 6.25. The molecule has 18 heavy (non-hydrogen) atoms. The Morgan fingerprint density at radius 2 is 1.78 bits per heavy atom. The summed E-state index contributed by atoms with van der Waals surface area (Å²) in [5, 5.41) is 3.46. The summed E-state index contributed by atoms with van der Waals surface area (Å²) in [7, 11) is 5.53. The van der Waals surface area contributed by atoms with Gasteiger partial charge in [0, 0.05) is 25.7 Å². The molecule has 0 amide bonds. The maximum Gasteiger partial charge on any atom is 0.122 e. The van der Waals surface area contributed by atoms with E-state index in [9.17, 15) is 0 Å². The number of nitrogens with zero attached hydrogens (tertiary/aromatic N) is 1. The molecule has 0 saturated carbocycles. The van der Waals surface area contributed by atoms with Crippen LogP contribution < -0.4 is 14.8 Å². The first kappa shape index (κ1) is 13.2. The second-order valence-corrected chi connectivity index (χ2v) is 4.97. The number of likely N-dealkylation sites (N-methyl/N-ethyl adjacent to an activating group) is 1. The predicted octanol–water partition coefficient (Wildman–Crippen LogP) is 1.45. The second-order valence-electron chi connectivity index (χ2n) is 4.97. The maximum atomic E-state index is 5.35. The monoisotopic (exact) mass is 250 g/mol. The third-order valence-corrected chi connectivity index (χ3v) is 3.91. The highest BCUT2D eigenvalue weighted by molar-refractivity contribution is 5.42. The molecule has 1 atom stereocenters. The summed E-state index contributed by atoms with van der Waals surface area (Å²) in [5.74, 6) is 1.68. The van der Waals surface area contributed by atoms with E-state index >= 15 is 0 Å². The Kier molecular flexibility index (Phi) is 3.78. The zero-order valence-corrected chi connectivity index (χ0v) is 11.6. The number of hydrogen-bond donors (Lipinski definition) is 1. The van der Waals surface area contributed by atoms with Gasteiger partial charge < -0.3 is 14.8 Å². The molecule has 0 radical (unpaired) electrons. The minimum absolute atomic E-state index is 0.0277. The fraction of sp³-hybridized carbons (Fsp3) is 0.571. The van der Waals surface area contributed by atoms with Crippen LogP contribution >= 0.6 is 0 Å². The van der Waals surface area contributed by atoms with Gasteiger partial charge in [0.25, 0.3) is 0 Å². The van der Waals surface area contributed by atoms with Crippen molar-refractivity contribution in [2.24, 2.45) is 0 Å². The van der Waals surface area contributed by atoms with Crippen LogP contribution in [0.3, 0.4) is 0 Å². The summed E-state index contributed by atoms with van der Waals surface area (Å²) < 4.78 is 10.7. The van der Waals surface area contributed by atoms with Gasteiger partial charge in [-0.3, -0.25) is 4.90 Å². The number of hydrogen-bond acceptors (Lipinski definition) is 4. The van der Waals surface area contributed by atoms with E-state index < -0.39 is 0 Å². The molecule has 0 aromatic heterocycles. The normalized spacial score (nSPS) is 24.9. The Labute approximate surface area is 109 Å². The number of methoxy groups -OCH3 is 2. The molecule has 1 aromatic rings. The second kappa shape index (κ2) is 5.16. The van der Waals surface area contributed by atoms with Crippen LogP contribution in [0, 0.1) is 0 Å². The highest BCUT2D eigenvalue weighted by atomic mass is 16.5. The number of nitrogens with one attached hydrogen (secondary N) is 1. The molecule has 1 saturated heterocycles. The molecule has 1 unspecified atom stereocenters. The summed E-state index contributed by atoms with van der Waals surface area (Å²) in [5.41, 5.74) is 1.19. The number of ether oxygens (including phenoxy) is 2. The van der Waals surface area contributed by atoms with Crippen LogP contribution in [0.25, 0.3) is 0 Å². The van der Waals surface area contributed by atoms with Gasteiger partial charge in [0.15, 0.2) is 0 Å². The molecular formula is C14H22N2O2. The van der Waals surface area contributed by atoms with E-state index in [2.05, 4.69) is 36.3 Å². The van der Waals surface area contributed by atoms with Gasteiger partial charge in [0.1, 0.15) is 11.5 Å². The van der Waals surface area contributed by atoms with Crippen molar-refractivity contribution in [1.82, 2.24) is 10.2 Å². The van der Waals surface area contributed by atoms with E-state index in [1.165, 1.54) is 5.56 Å². The molecule has 1 fully saturated rings. The largest absolute Gasteiger partial charge is 0.497 e. The van der Waals surface area contributed by atoms with Gasteiger partial charge in [0.2, 0.25) is 0 Å². The smallest absolute Gasteiger partial charge is 0.122 e. The lowest BCUT2D eigenvalue weighted by Gasteiger charge is -2.43. The molecule has 0 aliphatic carbocycles. The summed E-state index contributed by atoms with van der Waals surface area (Å²) in [6.07, 6.45) is 0. The number of piperazine rings is 1. The molecule has 1 aromatic carbocycles. The Morgan fingerprint density at radius 3 is 2.28 bits per heavy atom. The van der Waals surface area contributed by atoms with Crippen molar-refractivity contribution < 1.29 is 9.47 Å². The lowest BCUT2D eigenvalue weighted by Crippen LogP contribution is -2.55. The van der Waals surface area contributed by atoms with Crippen LogP contribution in [0.5, 0.6) is 11.5 Å². The molecule has 1 heterocycles. The first-order valence-corrected chi connectivity index (χ1v) is 6.25. The highest BCUT2D eigenvalue weighted by Gasteiger charge is 2.34. The summed E-state index contributed by atoms with van der Waals surface area (Å²) in [6.45, 7) is 5.25. The summed E-state index contributed by atoms with van der Waals surface area (Å²) >= 11 is 0. The quantitative estimate of drug-likeness (QED) is 0.880. The van der Waals surface area contributed by atoms with E-state index in [0.717, 1.165) is 31.1 Å². The zero-order chi connectivity index (χ0) is 13.2. The van der Waals surface area contributed by atoms with Crippen molar-refractivity contribution in [3.8, 4) is 11.5 Å². The van der Waals surface area contributed by atoms with Crippen molar-refractivity contribution in [1.29, 1.82) is 0 Å².